The maximum Gasteiger partial charge on any atom is 0.224 e. The first-order valence-electron chi connectivity index (χ1n) is 8.17. The number of carbonyl (C=O) groups is 1. The first kappa shape index (κ1) is 16.8. The van der Waals surface area contributed by atoms with Crippen molar-refractivity contribution in [1.82, 2.24) is 5.32 Å². The zero-order valence-corrected chi connectivity index (χ0v) is 13.6. The maximum absolute atomic E-state index is 12.2. The van der Waals surface area contributed by atoms with E-state index in [1.807, 2.05) is 24.3 Å². The number of nitrogens with one attached hydrogen (secondary N) is 1. The second kappa shape index (κ2) is 7.63. The molecular weight excluding hydrogens is 278 g/mol. The third kappa shape index (κ3) is 4.73. The summed E-state index contributed by atoms with van der Waals surface area (Å²) in [6.45, 7) is 4.94. The summed E-state index contributed by atoms with van der Waals surface area (Å²) in [5.41, 5.74) is 0.567. The zero-order valence-electron chi connectivity index (χ0n) is 13.6. The lowest BCUT2D eigenvalue weighted by Gasteiger charge is -2.28. The van der Waals surface area contributed by atoms with Gasteiger partial charge in [0.05, 0.1) is 25.2 Å². The number of carbonyl (C=O) groups excluding carboxylic acids is 1. The predicted molar refractivity (Wildman–Crippen MR) is 86.9 cm³/mol. The Bertz CT molecular complexity index is 476. The smallest absolute Gasteiger partial charge is 0.224 e. The average molecular weight is 305 g/mol. The minimum absolute atomic E-state index is 0.0215. The van der Waals surface area contributed by atoms with E-state index in [1.165, 1.54) is 0 Å². The van der Waals surface area contributed by atoms with E-state index in [9.17, 15) is 9.90 Å². The normalized spacial score (nSPS) is 16.7. The van der Waals surface area contributed by atoms with Crippen molar-refractivity contribution in [3.63, 3.8) is 0 Å². The van der Waals surface area contributed by atoms with Crippen molar-refractivity contribution < 1.29 is 14.6 Å². The monoisotopic (exact) mass is 305 g/mol. The first-order valence-corrected chi connectivity index (χ1v) is 8.17. The van der Waals surface area contributed by atoms with Crippen LogP contribution in [0.3, 0.4) is 0 Å². The van der Waals surface area contributed by atoms with Crippen molar-refractivity contribution >= 4 is 5.91 Å². The fourth-order valence-corrected chi connectivity index (χ4v) is 2.87. The Hall–Kier alpha value is -1.55. The molecule has 4 nitrogen and oxygen atoms in total. The van der Waals surface area contributed by atoms with Gasteiger partial charge in [0.25, 0.3) is 0 Å². The summed E-state index contributed by atoms with van der Waals surface area (Å²) in [6.07, 6.45) is 4.23. The van der Waals surface area contributed by atoms with Gasteiger partial charge in [-0.2, -0.15) is 0 Å². The average Bonchev–Trinajstić information content (AvgIpc) is 2.95. The van der Waals surface area contributed by atoms with Crippen LogP contribution in [0, 0.1) is 5.92 Å². The third-order valence-corrected chi connectivity index (χ3v) is 4.14. The summed E-state index contributed by atoms with van der Waals surface area (Å²) in [6, 6.07) is 7.66. The topological polar surface area (TPSA) is 58.6 Å². The van der Waals surface area contributed by atoms with E-state index in [0.717, 1.165) is 37.0 Å². The second-order valence-electron chi connectivity index (χ2n) is 6.72. The highest BCUT2D eigenvalue weighted by Gasteiger charge is 2.34. The molecule has 1 fully saturated rings. The number of aliphatic hydroxyl groups excluding tert-OH is 1. The molecule has 1 saturated carbocycles. The quantitative estimate of drug-likeness (QED) is 0.814. The Kier molecular flexibility index (Phi) is 5.83. The van der Waals surface area contributed by atoms with Crippen molar-refractivity contribution in [3.05, 3.63) is 29.8 Å². The molecule has 0 unspecified atom stereocenters. The summed E-state index contributed by atoms with van der Waals surface area (Å²) < 4.78 is 5.63. The molecule has 122 valence electrons. The van der Waals surface area contributed by atoms with Gasteiger partial charge in [-0.3, -0.25) is 4.79 Å². The minimum Gasteiger partial charge on any atom is -0.493 e. The molecule has 0 saturated heterocycles. The molecule has 1 amide bonds. The van der Waals surface area contributed by atoms with E-state index < -0.39 is 5.54 Å². The van der Waals surface area contributed by atoms with Crippen LogP contribution in [0.4, 0.5) is 0 Å². The summed E-state index contributed by atoms with van der Waals surface area (Å²) in [7, 11) is 0. The SMILES string of the molecule is CC(C)COc1ccc(CC(=O)NC2(CO)CCCC2)cc1. The Morgan fingerprint density at radius 3 is 2.45 bits per heavy atom. The minimum atomic E-state index is -0.391. The largest absolute Gasteiger partial charge is 0.493 e. The molecular formula is C18H27NO3. The molecule has 2 N–H and O–H groups in total. The number of ether oxygens (including phenoxy) is 1. The van der Waals surface area contributed by atoms with Crippen LogP contribution in [0.25, 0.3) is 0 Å². The fraction of sp³-hybridized carbons (Fsp3) is 0.611. The van der Waals surface area contributed by atoms with Crippen LogP contribution in [0.2, 0.25) is 0 Å². The van der Waals surface area contributed by atoms with Crippen molar-refractivity contribution in [1.29, 1.82) is 0 Å². The van der Waals surface area contributed by atoms with E-state index in [4.69, 9.17) is 4.74 Å². The first-order chi connectivity index (χ1) is 10.5. The lowest BCUT2D eigenvalue weighted by Crippen LogP contribution is -2.49. The van der Waals surface area contributed by atoms with Gasteiger partial charge in [0, 0.05) is 0 Å². The number of benzene rings is 1. The van der Waals surface area contributed by atoms with Gasteiger partial charge in [0.2, 0.25) is 5.91 Å². The Labute approximate surface area is 132 Å². The van der Waals surface area contributed by atoms with E-state index in [0.29, 0.717) is 18.9 Å². The van der Waals surface area contributed by atoms with Gasteiger partial charge in [0.15, 0.2) is 0 Å². The lowest BCUT2D eigenvalue weighted by molar-refractivity contribution is -0.122. The van der Waals surface area contributed by atoms with Crippen LogP contribution in [-0.2, 0) is 11.2 Å². The lowest BCUT2D eigenvalue weighted by atomic mass is 9.98. The molecule has 0 aromatic heterocycles. The summed E-state index contributed by atoms with van der Waals surface area (Å²) in [4.78, 5) is 12.2. The molecule has 1 aromatic carbocycles. The van der Waals surface area contributed by atoms with Gasteiger partial charge in [0.1, 0.15) is 5.75 Å². The summed E-state index contributed by atoms with van der Waals surface area (Å²) in [5.74, 6) is 1.30. The van der Waals surface area contributed by atoms with Crippen molar-refractivity contribution in [2.75, 3.05) is 13.2 Å². The fourth-order valence-electron chi connectivity index (χ4n) is 2.87. The van der Waals surface area contributed by atoms with Gasteiger partial charge >= 0.3 is 0 Å². The Morgan fingerprint density at radius 1 is 1.27 bits per heavy atom. The molecule has 4 heteroatoms. The number of aliphatic hydroxyl groups is 1. The molecule has 1 aliphatic rings. The molecule has 0 radical (unpaired) electrons. The molecule has 0 spiro atoms. The highest BCUT2D eigenvalue weighted by molar-refractivity contribution is 5.79. The molecule has 2 rings (SSSR count). The maximum atomic E-state index is 12.2. The Balaban J connectivity index is 1.86. The van der Waals surface area contributed by atoms with E-state index in [1.54, 1.807) is 0 Å². The van der Waals surface area contributed by atoms with Gasteiger partial charge in [-0.1, -0.05) is 38.8 Å². The number of hydrogen-bond donors (Lipinski definition) is 2. The van der Waals surface area contributed by atoms with Gasteiger partial charge < -0.3 is 15.2 Å². The molecule has 0 atom stereocenters. The summed E-state index contributed by atoms with van der Waals surface area (Å²) >= 11 is 0. The standard InChI is InChI=1S/C18H27NO3/c1-14(2)12-22-16-7-5-15(6-8-16)11-17(21)19-18(13-20)9-3-4-10-18/h5-8,14,20H,3-4,9-13H2,1-2H3,(H,19,21). The van der Waals surface area contributed by atoms with E-state index in [-0.39, 0.29) is 12.5 Å². The third-order valence-electron chi connectivity index (χ3n) is 4.14. The van der Waals surface area contributed by atoms with E-state index in [2.05, 4.69) is 19.2 Å². The molecule has 1 aromatic rings. The molecule has 0 bridgehead atoms. The van der Waals surface area contributed by atoms with Crippen molar-refractivity contribution in [2.24, 2.45) is 5.92 Å². The van der Waals surface area contributed by atoms with Crippen LogP contribution in [0.1, 0.15) is 45.1 Å². The number of hydrogen-bond acceptors (Lipinski definition) is 3. The van der Waals surface area contributed by atoms with E-state index >= 15 is 0 Å². The molecule has 0 heterocycles. The zero-order chi connectivity index (χ0) is 16.0. The molecule has 22 heavy (non-hydrogen) atoms. The predicted octanol–water partition coefficient (Wildman–Crippen LogP) is 2.69. The summed E-state index contributed by atoms with van der Waals surface area (Å²) in [5, 5.41) is 12.6. The Morgan fingerprint density at radius 2 is 1.91 bits per heavy atom. The highest BCUT2D eigenvalue weighted by atomic mass is 16.5. The van der Waals surface area contributed by atoms with Crippen LogP contribution >= 0.6 is 0 Å². The molecule has 0 aliphatic heterocycles. The van der Waals surface area contributed by atoms with Crippen LogP contribution in [0.5, 0.6) is 5.75 Å². The van der Waals surface area contributed by atoms with Crippen molar-refractivity contribution in [3.8, 4) is 5.75 Å². The van der Waals surface area contributed by atoms with Gasteiger partial charge in [-0.05, 0) is 36.5 Å². The van der Waals surface area contributed by atoms with Crippen LogP contribution in [0.15, 0.2) is 24.3 Å². The highest BCUT2D eigenvalue weighted by Crippen LogP contribution is 2.29. The van der Waals surface area contributed by atoms with Crippen LogP contribution < -0.4 is 10.1 Å². The van der Waals surface area contributed by atoms with Crippen molar-refractivity contribution in [2.45, 2.75) is 51.5 Å². The van der Waals surface area contributed by atoms with Gasteiger partial charge in [-0.15, -0.1) is 0 Å². The number of amides is 1. The number of rotatable bonds is 7. The van der Waals surface area contributed by atoms with Crippen LogP contribution in [-0.4, -0.2) is 29.8 Å². The second-order valence-corrected chi connectivity index (χ2v) is 6.72. The molecule has 1 aliphatic carbocycles. The van der Waals surface area contributed by atoms with Gasteiger partial charge in [-0.25, -0.2) is 0 Å².